The van der Waals surface area contributed by atoms with E-state index >= 15 is 0 Å². The zero-order valence-electron chi connectivity index (χ0n) is 8.03. The van der Waals surface area contributed by atoms with E-state index in [-0.39, 0.29) is 0 Å². The third-order valence-corrected chi connectivity index (χ3v) is 2.83. The molecule has 0 aromatic carbocycles. The molecule has 0 aromatic rings. The van der Waals surface area contributed by atoms with Crippen molar-refractivity contribution in [3.8, 4) is 0 Å². The van der Waals surface area contributed by atoms with Gasteiger partial charge in [-0.15, -0.1) is 0 Å². The molecule has 3 atom stereocenters. The second-order valence-electron chi connectivity index (χ2n) is 3.93. The Morgan fingerprint density at radius 2 is 2.31 bits per heavy atom. The van der Waals surface area contributed by atoms with Crippen LogP contribution in [0.25, 0.3) is 0 Å². The first kappa shape index (κ1) is 10.3. The van der Waals surface area contributed by atoms with Crippen molar-refractivity contribution in [1.82, 2.24) is 0 Å². The fourth-order valence-corrected chi connectivity index (χ4v) is 1.54. The highest BCUT2D eigenvalue weighted by Crippen LogP contribution is 2.31. The molecule has 0 saturated carbocycles. The summed E-state index contributed by atoms with van der Waals surface area (Å²) in [5, 5.41) is 18.7. The number of carboxylic acid groups (broad SMARTS) is 1. The van der Waals surface area contributed by atoms with E-state index in [1.807, 2.05) is 6.08 Å². The Hall–Kier alpha value is -0.830. The molecule has 0 radical (unpaired) electrons. The summed E-state index contributed by atoms with van der Waals surface area (Å²) in [5.41, 5.74) is -1.14. The maximum Gasteiger partial charge on any atom is 0.309 e. The Morgan fingerprint density at radius 3 is 2.69 bits per heavy atom. The summed E-state index contributed by atoms with van der Waals surface area (Å²) in [6.07, 6.45) is 4.92. The van der Waals surface area contributed by atoms with Crippen LogP contribution >= 0.6 is 0 Å². The molecule has 0 saturated heterocycles. The minimum absolute atomic E-state index is 0.446. The summed E-state index contributed by atoms with van der Waals surface area (Å²) in [6.45, 7) is 3.60. The Balaban J connectivity index is 2.77. The molecular formula is C10H16O3. The molecule has 3 unspecified atom stereocenters. The molecule has 1 rings (SSSR count). The first-order valence-electron chi connectivity index (χ1n) is 4.60. The molecule has 0 bridgehead atoms. The normalized spacial score (nSPS) is 35.8. The van der Waals surface area contributed by atoms with Crippen molar-refractivity contribution in [1.29, 1.82) is 0 Å². The number of hydrogen-bond donors (Lipinski definition) is 2. The van der Waals surface area contributed by atoms with E-state index in [4.69, 9.17) is 5.11 Å². The number of carboxylic acids is 1. The van der Waals surface area contributed by atoms with Crippen molar-refractivity contribution >= 4 is 5.97 Å². The highest BCUT2D eigenvalue weighted by molar-refractivity contribution is 5.71. The fourth-order valence-electron chi connectivity index (χ4n) is 1.54. The molecule has 0 amide bonds. The van der Waals surface area contributed by atoms with Gasteiger partial charge in [-0.05, 0) is 25.7 Å². The third-order valence-electron chi connectivity index (χ3n) is 2.83. The Labute approximate surface area is 78.1 Å². The van der Waals surface area contributed by atoms with Gasteiger partial charge >= 0.3 is 5.97 Å². The lowest BCUT2D eigenvalue weighted by Crippen LogP contribution is -2.40. The van der Waals surface area contributed by atoms with E-state index in [9.17, 15) is 9.90 Å². The molecule has 0 heterocycles. The van der Waals surface area contributed by atoms with Crippen molar-refractivity contribution in [3.63, 3.8) is 0 Å². The summed E-state index contributed by atoms with van der Waals surface area (Å²) < 4.78 is 0. The van der Waals surface area contributed by atoms with Crippen LogP contribution in [0.1, 0.15) is 26.7 Å². The van der Waals surface area contributed by atoms with Gasteiger partial charge in [-0.25, -0.2) is 0 Å². The SMILES string of the molecule is CC1C=CC(O)(C(C)C(=O)O)CC1. The Bertz CT molecular complexity index is 234. The number of carbonyl (C=O) groups is 1. The van der Waals surface area contributed by atoms with Crippen molar-refractivity contribution in [3.05, 3.63) is 12.2 Å². The summed E-state index contributed by atoms with van der Waals surface area (Å²) in [6, 6.07) is 0. The molecule has 0 aliphatic heterocycles. The number of rotatable bonds is 2. The summed E-state index contributed by atoms with van der Waals surface area (Å²) in [7, 11) is 0. The van der Waals surface area contributed by atoms with Crippen LogP contribution in [0, 0.1) is 11.8 Å². The smallest absolute Gasteiger partial charge is 0.309 e. The Morgan fingerprint density at radius 1 is 1.69 bits per heavy atom. The fraction of sp³-hybridized carbons (Fsp3) is 0.700. The highest BCUT2D eigenvalue weighted by Gasteiger charge is 2.37. The van der Waals surface area contributed by atoms with Crippen molar-refractivity contribution in [2.75, 3.05) is 0 Å². The highest BCUT2D eigenvalue weighted by atomic mass is 16.4. The molecule has 0 spiro atoms. The van der Waals surface area contributed by atoms with Gasteiger partial charge in [0.2, 0.25) is 0 Å². The topological polar surface area (TPSA) is 57.5 Å². The summed E-state index contributed by atoms with van der Waals surface area (Å²) in [5.74, 6) is -1.22. The molecule has 0 aromatic heterocycles. The lowest BCUT2D eigenvalue weighted by Gasteiger charge is -2.32. The van der Waals surface area contributed by atoms with Crippen LogP contribution in [0.2, 0.25) is 0 Å². The summed E-state index contributed by atoms with van der Waals surface area (Å²) in [4.78, 5) is 10.7. The standard InChI is InChI=1S/C10H16O3/c1-7-3-5-10(13,6-4-7)8(2)9(11)12/h3,5,7-8,13H,4,6H2,1-2H3,(H,11,12). The van der Waals surface area contributed by atoms with E-state index in [2.05, 4.69) is 6.92 Å². The molecule has 2 N–H and O–H groups in total. The average Bonchev–Trinajstić information content (AvgIpc) is 2.09. The van der Waals surface area contributed by atoms with E-state index in [1.54, 1.807) is 13.0 Å². The van der Waals surface area contributed by atoms with Crippen LogP contribution < -0.4 is 0 Å². The van der Waals surface area contributed by atoms with Gasteiger partial charge in [0.15, 0.2) is 0 Å². The van der Waals surface area contributed by atoms with Gasteiger partial charge in [-0.3, -0.25) is 4.79 Å². The third kappa shape index (κ3) is 2.10. The monoisotopic (exact) mass is 184 g/mol. The first-order chi connectivity index (χ1) is 5.96. The van der Waals surface area contributed by atoms with Crippen LogP contribution in [0.5, 0.6) is 0 Å². The quantitative estimate of drug-likeness (QED) is 0.638. The summed E-state index contributed by atoms with van der Waals surface area (Å²) >= 11 is 0. The van der Waals surface area contributed by atoms with Crippen LogP contribution in [-0.4, -0.2) is 21.8 Å². The van der Waals surface area contributed by atoms with Gasteiger partial charge < -0.3 is 10.2 Å². The largest absolute Gasteiger partial charge is 0.481 e. The van der Waals surface area contributed by atoms with Gasteiger partial charge in [-0.2, -0.15) is 0 Å². The first-order valence-corrected chi connectivity index (χ1v) is 4.60. The van der Waals surface area contributed by atoms with Crippen molar-refractivity contribution < 1.29 is 15.0 Å². The molecular weight excluding hydrogens is 168 g/mol. The van der Waals surface area contributed by atoms with Crippen molar-refractivity contribution in [2.45, 2.75) is 32.3 Å². The second kappa shape index (κ2) is 3.50. The molecule has 74 valence electrons. The lowest BCUT2D eigenvalue weighted by molar-refractivity contribution is -0.148. The van der Waals surface area contributed by atoms with Gasteiger partial charge in [-0.1, -0.05) is 19.1 Å². The molecule has 3 nitrogen and oxygen atoms in total. The van der Waals surface area contributed by atoms with Crippen LogP contribution in [0.3, 0.4) is 0 Å². The predicted molar refractivity (Wildman–Crippen MR) is 49.3 cm³/mol. The molecule has 0 fully saturated rings. The molecule has 1 aliphatic carbocycles. The average molecular weight is 184 g/mol. The molecule has 3 heteroatoms. The molecule has 13 heavy (non-hydrogen) atoms. The van der Waals surface area contributed by atoms with E-state index in [0.29, 0.717) is 12.3 Å². The maximum absolute atomic E-state index is 10.7. The second-order valence-corrected chi connectivity index (χ2v) is 3.93. The van der Waals surface area contributed by atoms with Gasteiger partial charge in [0.1, 0.15) is 0 Å². The minimum atomic E-state index is -1.14. The number of allylic oxidation sites excluding steroid dienone is 1. The van der Waals surface area contributed by atoms with Crippen LogP contribution in [0.4, 0.5) is 0 Å². The lowest BCUT2D eigenvalue weighted by atomic mass is 9.78. The number of aliphatic carboxylic acids is 1. The van der Waals surface area contributed by atoms with Gasteiger partial charge in [0.05, 0.1) is 11.5 Å². The van der Waals surface area contributed by atoms with Gasteiger partial charge in [0.25, 0.3) is 0 Å². The van der Waals surface area contributed by atoms with Crippen molar-refractivity contribution in [2.24, 2.45) is 11.8 Å². The molecule has 1 aliphatic rings. The zero-order valence-corrected chi connectivity index (χ0v) is 8.03. The predicted octanol–water partition coefficient (Wildman–Crippen LogP) is 1.42. The van der Waals surface area contributed by atoms with E-state index in [0.717, 1.165) is 6.42 Å². The maximum atomic E-state index is 10.7. The number of aliphatic hydroxyl groups is 1. The van der Waals surface area contributed by atoms with Gasteiger partial charge in [0, 0.05) is 0 Å². The van der Waals surface area contributed by atoms with E-state index in [1.165, 1.54) is 0 Å². The Kier molecular flexibility index (Phi) is 2.76. The van der Waals surface area contributed by atoms with Crippen LogP contribution in [-0.2, 0) is 4.79 Å². The minimum Gasteiger partial charge on any atom is -0.481 e. The van der Waals surface area contributed by atoms with Crippen LogP contribution in [0.15, 0.2) is 12.2 Å². The zero-order chi connectivity index (χ0) is 10.1. The van der Waals surface area contributed by atoms with E-state index < -0.39 is 17.5 Å². The number of hydrogen-bond acceptors (Lipinski definition) is 2.